The first-order chi connectivity index (χ1) is 11.4. The molecule has 1 rings (SSSR count). The van der Waals surface area contributed by atoms with Gasteiger partial charge in [-0.25, -0.2) is 0 Å². The van der Waals surface area contributed by atoms with Crippen LogP contribution in [0, 0.1) is 5.92 Å². The third kappa shape index (κ3) is 6.11. The third-order valence-corrected chi connectivity index (χ3v) is 4.12. The fourth-order valence-electron chi connectivity index (χ4n) is 2.50. The lowest BCUT2D eigenvalue weighted by molar-refractivity contribution is 0.199. The summed E-state index contributed by atoms with van der Waals surface area (Å²) in [5.74, 6) is 1.47. The monoisotopic (exact) mass is 334 g/mol. The van der Waals surface area contributed by atoms with E-state index in [0.29, 0.717) is 17.9 Å². The van der Waals surface area contributed by atoms with E-state index in [1.807, 2.05) is 26.0 Å². The standard InChI is InChI=1S/C20H30O4/c1-5-16(12-17-7-8-18(13-22)24-17)6-9-20(23)19(10-11-21)15(4)14(2)3/h7-8,10,12,14,20-23H,4-6,9,11,13H2,1-3H3/b16-12+,19-10-. The second-order valence-electron chi connectivity index (χ2n) is 6.19. The zero-order valence-corrected chi connectivity index (χ0v) is 15.0. The molecule has 134 valence electrons. The highest BCUT2D eigenvalue weighted by Gasteiger charge is 2.16. The minimum Gasteiger partial charge on any atom is -0.459 e. The van der Waals surface area contributed by atoms with Crippen LogP contribution in [0.15, 0.2) is 45.9 Å². The van der Waals surface area contributed by atoms with Crippen LogP contribution in [0.5, 0.6) is 0 Å². The van der Waals surface area contributed by atoms with Crippen LogP contribution in [0.2, 0.25) is 0 Å². The molecule has 0 aliphatic carbocycles. The first-order valence-corrected chi connectivity index (χ1v) is 8.50. The summed E-state index contributed by atoms with van der Waals surface area (Å²) in [6.07, 6.45) is 5.09. The van der Waals surface area contributed by atoms with E-state index in [0.717, 1.165) is 29.6 Å². The Hall–Kier alpha value is -1.62. The van der Waals surface area contributed by atoms with Crippen LogP contribution in [0.1, 0.15) is 51.6 Å². The summed E-state index contributed by atoms with van der Waals surface area (Å²) < 4.78 is 5.48. The van der Waals surface area contributed by atoms with Crippen molar-refractivity contribution in [3.8, 4) is 0 Å². The molecule has 1 unspecified atom stereocenters. The van der Waals surface area contributed by atoms with Gasteiger partial charge in [0.1, 0.15) is 18.1 Å². The van der Waals surface area contributed by atoms with Crippen molar-refractivity contribution in [3.05, 3.63) is 53.0 Å². The number of hydrogen-bond donors (Lipinski definition) is 3. The predicted molar refractivity (Wildman–Crippen MR) is 97.3 cm³/mol. The summed E-state index contributed by atoms with van der Waals surface area (Å²) in [6, 6.07) is 3.58. The maximum Gasteiger partial charge on any atom is 0.130 e. The molecule has 1 heterocycles. The van der Waals surface area contributed by atoms with Gasteiger partial charge in [-0.2, -0.15) is 0 Å². The molecule has 0 aromatic carbocycles. The number of aliphatic hydroxyl groups excluding tert-OH is 3. The predicted octanol–water partition coefficient (Wildman–Crippen LogP) is 3.84. The number of rotatable bonds is 10. The molecular formula is C20H30O4. The summed E-state index contributed by atoms with van der Waals surface area (Å²) in [5.41, 5.74) is 2.74. The lowest BCUT2D eigenvalue weighted by Gasteiger charge is -2.20. The molecule has 1 aromatic heterocycles. The molecule has 4 heteroatoms. The van der Waals surface area contributed by atoms with Gasteiger partial charge in [0.2, 0.25) is 0 Å². The Morgan fingerprint density at radius 2 is 2.00 bits per heavy atom. The average molecular weight is 334 g/mol. The van der Waals surface area contributed by atoms with Crippen molar-refractivity contribution in [3.63, 3.8) is 0 Å². The van der Waals surface area contributed by atoms with Crippen molar-refractivity contribution < 1.29 is 19.7 Å². The van der Waals surface area contributed by atoms with Gasteiger partial charge in [-0.3, -0.25) is 0 Å². The molecule has 0 amide bonds. The highest BCUT2D eigenvalue weighted by atomic mass is 16.4. The molecule has 0 aliphatic rings. The van der Waals surface area contributed by atoms with Gasteiger partial charge < -0.3 is 19.7 Å². The summed E-state index contributed by atoms with van der Waals surface area (Å²) in [6.45, 7) is 9.92. The second kappa shape index (κ2) is 10.3. The molecule has 0 saturated carbocycles. The van der Waals surface area contributed by atoms with Gasteiger partial charge in [0, 0.05) is 0 Å². The molecule has 0 saturated heterocycles. The molecule has 1 aromatic rings. The number of allylic oxidation sites excluding steroid dienone is 1. The zero-order valence-electron chi connectivity index (χ0n) is 15.0. The lowest BCUT2D eigenvalue weighted by Crippen LogP contribution is -2.15. The van der Waals surface area contributed by atoms with E-state index in [2.05, 4.69) is 13.5 Å². The van der Waals surface area contributed by atoms with Gasteiger partial charge in [-0.05, 0) is 54.5 Å². The van der Waals surface area contributed by atoms with Crippen molar-refractivity contribution in [1.29, 1.82) is 0 Å². The molecule has 24 heavy (non-hydrogen) atoms. The topological polar surface area (TPSA) is 73.8 Å². The Kier molecular flexibility index (Phi) is 8.76. The van der Waals surface area contributed by atoms with Crippen molar-refractivity contribution in [2.24, 2.45) is 5.92 Å². The van der Waals surface area contributed by atoms with E-state index in [1.54, 1.807) is 12.1 Å². The van der Waals surface area contributed by atoms with Gasteiger partial charge in [0.15, 0.2) is 0 Å². The Labute approximate surface area is 144 Å². The van der Waals surface area contributed by atoms with Crippen LogP contribution in [-0.4, -0.2) is 28.0 Å². The summed E-state index contributed by atoms with van der Waals surface area (Å²) in [7, 11) is 0. The molecule has 4 nitrogen and oxygen atoms in total. The van der Waals surface area contributed by atoms with Crippen molar-refractivity contribution in [2.45, 2.75) is 52.7 Å². The average Bonchev–Trinajstić information content (AvgIpc) is 3.03. The molecule has 0 fully saturated rings. The molecule has 0 bridgehead atoms. The second-order valence-corrected chi connectivity index (χ2v) is 6.19. The van der Waals surface area contributed by atoms with Crippen LogP contribution in [-0.2, 0) is 6.61 Å². The number of furan rings is 1. The Bertz CT molecular complexity index is 578. The minimum atomic E-state index is -0.647. The van der Waals surface area contributed by atoms with Crippen molar-refractivity contribution in [2.75, 3.05) is 6.61 Å². The van der Waals surface area contributed by atoms with Crippen molar-refractivity contribution in [1.82, 2.24) is 0 Å². The number of aliphatic hydroxyl groups is 3. The minimum absolute atomic E-state index is 0.106. The molecule has 3 N–H and O–H groups in total. The van der Waals surface area contributed by atoms with E-state index in [-0.39, 0.29) is 19.1 Å². The van der Waals surface area contributed by atoms with Gasteiger partial charge in [0.25, 0.3) is 0 Å². The summed E-state index contributed by atoms with van der Waals surface area (Å²) in [5, 5.41) is 28.7. The third-order valence-electron chi connectivity index (χ3n) is 4.12. The Morgan fingerprint density at radius 3 is 2.50 bits per heavy atom. The fraction of sp³-hybridized carbons (Fsp3) is 0.500. The largest absolute Gasteiger partial charge is 0.459 e. The highest BCUT2D eigenvalue weighted by Crippen LogP contribution is 2.25. The smallest absolute Gasteiger partial charge is 0.130 e. The van der Waals surface area contributed by atoms with Crippen LogP contribution >= 0.6 is 0 Å². The van der Waals surface area contributed by atoms with Crippen LogP contribution < -0.4 is 0 Å². The van der Waals surface area contributed by atoms with E-state index < -0.39 is 6.10 Å². The lowest BCUT2D eigenvalue weighted by atomic mass is 9.90. The highest BCUT2D eigenvalue weighted by molar-refractivity contribution is 5.47. The van der Waals surface area contributed by atoms with E-state index in [9.17, 15) is 10.2 Å². The molecule has 0 aliphatic heterocycles. The van der Waals surface area contributed by atoms with Gasteiger partial charge in [0.05, 0.1) is 12.7 Å². The zero-order chi connectivity index (χ0) is 18.1. The van der Waals surface area contributed by atoms with Crippen LogP contribution in [0.3, 0.4) is 0 Å². The van der Waals surface area contributed by atoms with Gasteiger partial charge in [-0.15, -0.1) is 0 Å². The Balaban J connectivity index is 2.76. The quantitative estimate of drug-likeness (QED) is 0.568. The van der Waals surface area contributed by atoms with E-state index in [1.165, 1.54) is 0 Å². The van der Waals surface area contributed by atoms with E-state index >= 15 is 0 Å². The fourth-order valence-corrected chi connectivity index (χ4v) is 2.50. The molecular weight excluding hydrogens is 304 g/mol. The maximum absolute atomic E-state index is 10.5. The first-order valence-electron chi connectivity index (χ1n) is 8.50. The SMILES string of the molecule is C=C(/C(=C/CO)C(O)CC/C(=C/c1ccc(CO)o1)CC)C(C)C. The normalized spacial score (nSPS) is 14.3. The number of hydrogen-bond acceptors (Lipinski definition) is 4. The van der Waals surface area contributed by atoms with Crippen LogP contribution in [0.25, 0.3) is 6.08 Å². The maximum atomic E-state index is 10.5. The summed E-state index contributed by atoms with van der Waals surface area (Å²) >= 11 is 0. The first kappa shape index (κ1) is 20.4. The molecule has 1 atom stereocenters. The van der Waals surface area contributed by atoms with Gasteiger partial charge in [-0.1, -0.05) is 39.0 Å². The molecule has 0 radical (unpaired) electrons. The molecule has 0 spiro atoms. The van der Waals surface area contributed by atoms with E-state index in [4.69, 9.17) is 9.52 Å². The van der Waals surface area contributed by atoms with Crippen LogP contribution in [0.4, 0.5) is 0 Å². The van der Waals surface area contributed by atoms with Gasteiger partial charge >= 0.3 is 0 Å². The Morgan fingerprint density at radius 1 is 1.29 bits per heavy atom. The summed E-state index contributed by atoms with van der Waals surface area (Å²) in [4.78, 5) is 0. The van der Waals surface area contributed by atoms with Crippen molar-refractivity contribution >= 4 is 6.08 Å².